The summed E-state index contributed by atoms with van der Waals surface area (Å²) in [5.74, 6) is -1.10. The van der Waals surface area contributed by atoms with Gasteiger partial charge in [-0.25, -0.2) is 18.4 Å². The molecule has 2 heterocycles. The highest BCUT2D eigenvalue weighted by atomic mass is 32.2. The third-order valence-corrected chi connectivity index (χ3v) is 5.22. The Bertz CT molecular complexity index is 1020. The van der Waals surface area contributed by atoms with Crippen LogP contribution in [0.15, 0.2) is 53.6 Å². The molecule has 3 amide bonds. The van der Waals surface area contributed by atoms with Crippen molar-refractivity contribution in [1.82, 2.24) is 15.2 Å². The number of sulfonamides is 1. The molecule has 9 nitrogen and oxygen atoms in total. The molecule has 27 heavy (non-hydrogen) atoms. The van der Waals surface area contributed by atoms with Gasteiger partial charge in [0.05, 0.1) is 11.4 Å². The summed E-state index contributed by atoms with van der Waals surface area (Å²) in [7, 11) is -3.88. The quantitative estimate of drug-likeness (QED) is 0.561. The maximum Gasteiger partial charge on any atom is 0.325 e. The van der Waals surface area contributed by atoms with Crippen LogP contribution in [0.3, 0.4) is 0 Å². The van der Waals surface area contributed by atoms with Gasteiger partial charge in [0.2, 0.25) is 15.8 Å². The highest BCUT2D eigenvalue weighted by molar-refractivity contribution is 7.89. The molecular formula is C17H16N4O5S. The molecule has 1 aromatic heterocycles. The van der Waals surface area contributed by atoms with Crippen LogP contribution in [-0.2, 0) is 20.4 Å². The highest BCUT2D eigenvalue weighted by Gasteiger charge is 2.49. The zero-order chi connectivity index (χ0) is 19.8. The minimum atomic E-state index is -3.88. The maximum atomic E-state index is 12.8. The molecule has 0 spiro atoms. The summed E-state index contributed by atoms with van der Waals surface area (Å²) in [6.07, 6.45) is 1.44. The van der Waals surface area contributed by atoms with Gasteiger partial charge in [-0.15, -0.1) is 0 Å². The number of carbonyl (C=O) groups excluding carboxylic acids is 3. The number of hydrogen-bond acceptors (Lipinski definition) is 6. The molecule has 1 aliphatic rings. The Balaban J connectivity index is 1.85. The molecule has 10 heteroatoms. The van der Waals surface area contributed by atoms with E-state index in [4.69, 9.17) is 5.14 Å². The number of nitrogens with two attached hydrogens (primary N) is 1. The third-order valence-electron chi connectivity index (χ3n) is 4.29. The lowest BCUT2D eigenvalue weighted by atomic mass is 9.92. The van der Waals surface area contributed by atoms with Crippen molar-refractivity contribution in [2.45, 2.75) is 17.4 Å². The van der Waals surface area contributed by atoms with Crippen molar-refractivity contribution in [2.24, 2.45) is 5.14 Å². The first-order chi connectivity index (χ1) is 12.6. The summed E-state index contributed by atoms with van der Waals surface area (Å²) in [5.41, 5.74) is -0.927. The second kappa shape index (κ2) is 6.56. The van der Waals surface area contributed by atoms with Crippen molar-refractivity contribution in [3.63, 3.8) is 0 Å². The Morgan fingerprint density at radius 1 is 1.19 bits per heavy atom. The number of nitrogens with one attached hydrogen (secondary N) is 1. The molecule has 3 rings (SSSR count). The van der Waals surface area contributed by atoms with E-state index < -0.39 is 39.8 Å². The van der Waals surface area contributed by atoms with E-state index in [1.165, 1.54) is 43.5 Å². The molecule has 3 N–H and O–H groups in total. The normalized spacial score (nSPS) is 19.9. The van der Waals surface area contributed by atoms with Gasteiger partial charge in [0, 0.05) is 6.20 Å². The van der Waals surface area contributed by atoms with Crippen molar-refractivity contribution < 1.29 is 22.8 Å². The van der Waals surface area contributed by atoms with Crippen LogP contribution in [0.5, 0.6) is 0 Å². The molecule has 0 radical (unpaired) electrons. The van der Waals surface area contributed by atoms with E-state index in [1.807, 2.05) is 0 Å². The van der Waals surface area contributed by atoms with E-state index >= 15 is 0 Å². The number of pyridine rings is 1. The molecule has 0 saturated carbocycles. The van der Waals surface area contributed by atoms with Gasteiger partial charge in [-0.1, -0.05) is 18.2 Å². The van der Waals surface area contributed by atoms with Gasteiger partial charge in [-0.05, 0) is 36.8 Å². The number of hydrogen-bond donors (Lipinski definition) is 2. The van der Waals surface area contributed by atoms with Crippen LogP contribution in [-0.4, -0.2) is 42.6 Å². The second-order valence-electron chi connectivity index (χ2n) is 6.15. The minimum absolute atomic E-state index is 0.117. The Hall–Kier alpha value is -3.11. The first-order valence-electron chi connectivity index (χ1n) is 7.84. The zero-order valence-electron chi connectivity index (χ0n) is 14.2. The summed E-state index contributed by atoms with van der Waals surface area (Å²) in [4.78, 5) is 42.0. The van der Waals surface area contributed by atoms with Crippen LogP contribution in [0.4, 0.5) is 4.79 Å². The number of primary sulfonamides is 1. The predicted octanol–water partition coefficient (Wildman–Crippen LogP) is 0.379. The van der Waals surface area contributed by atoms with Gasteiger partial charge in [-0.2, -0.15) is 0 Å². The van der Waals surface area contributed by atoms with Crippen molar-refractivity contribution in [2.75, 3.05) is 6.54 Å². The fourth-order valence-electron chi connectivity index (χ4n) is 2.77. The Morgan fingerprint density at radius 2 is 1.85 bits per heavy atom. The number of benzene rings is 1. The van der Waals surface area contributed by atoms with Crippen molar-refractivity contribution in [1.29, 1.82) is 0 Å². The highest BCUT2D eigenvalue weighted by Crippen LogP contribution is 2.29. The lowest BCUT2D eigenvalue weighted by Gasteiger charge is -2.22. The van der Waals surface area contributed by atoms with Crippen LogP contribution in [0, 0.1) is 0 Å². The van der Waals surface area contributed by atoms with Gasteiger partial charge in [0.15, 0.2) is 0 Å². The molecule has 1 aromatic carbocycles. The van der Waals surface area contributed by atoms with Crippen LogP contribution in [0.1, 0.15) is 23.0 Å². The number of amides is 3. The lowest BCUT2D eigenvalue weighted by Crippen LogP contribution is -2.41. The summed E-state index contributed by atoms with van der Waals surface area (Å²) in [6.45, 7) is 1.02. The minimum Gasteiger partial charge on any atom is -0.319 e. The molecule has 2 aromatic rings. The van der Waals surface area contributed by atoms with E-state index in [0.717, 1.165) is 4.90 Å². The molecule has 0 aliphatic carbocycles. The third kappa shape index (κ3) is 3.44. The van der Waals surface area contributed by atoms with Crippen LogP contribution in [0.25, 0.3) is 0 Å². The number of aromatic nitrogens is 1. The number of Topliss-reactive ketones (excluding diaryl/α,β-unsaturated/α-hetero) is 1. The summed E-state index contributed by atoms with van der Waals surface area (Å²) in [6, 6.07) is 9.32. The van der Waals surface area contributed by atoms with E-state index in [-0.39, 0.29) is 10.6 Å². The molecule has 0 bridgehead atoms. The average Bonchev–Trinajstić information content (AvgIpc) is 2.86. The van der Waals surface area contributed by atoms with Crippen molar-refractivity contribution in [3.05, 3.63) is 59.9 Å². The molecule has 1 aliphatic heterocycles. The lowest BCUT2D eigenvalue weighted by molar-refractivity contribution is -0.130. The van der Waals surface area contributed by atoms with Gasteiger partial charge < -0.3 is 5.32 Å². The van der Waals surface area contributed by atoms with E-state index in [0.29, 0.717) is 5.56 Å². The molecule has 140 valence electrons. The van der Waals surface area contributed by atoms with Crippen LogP contribution >= 0.6 is 0 Å². The van der Waals surface area contributed by atoms with Gasteiger partial charge in [-0.3, -0.25) is 19.5 Å². The molecular weight excluding hydrogens is 372 g/mol. The number of nitrogens with zero attached hydrogens (tertiary/aromatic N) is 2. The van der Waals surface area contributed by atoms with Crippen molar-refractivity contribution in [3.8, 4) is 0 Å². The van der Waals surface area contributed by atoms with Crippen LogP contribution in [0.2, 0.25) is 0 Å². The first kappa shape index (κ1) is 18.7. The van der Waals surface area contributed by atoms with Gasteiger partial charge >= 0.3 is 6.03 Å². The number of imide groups is 1. The largest absolute Gasteiger partial charge is 0.325 e. The zero-order valence-corrected chi connectivity index (χ0v) is 15.1. The topological polar surface area (TPSA) is 140 Å². The average molecular weight is 388 g/mol. The monoisotopic (exact) mass is 388 g/mol. The molecule has 1 saturated heterocycles. The Labute approximate surface area is 155 Å². The Kier molecular flexibility index (Phi) is 4.54. The standard InChI is InChI=1S/C17H16N4O5S/c1-17(11-5-7-12(8-6-11)27(18,25)26)15(23)21(16(24)20-17)10-14(22)13-4-2-3-9-19-13/h2-9H,10H2,1H3,(H,20,24)(H2,18,25,26). The summed E-state index contributed by atoms with van der Waals surface area (Å²) >= 11 is 0. The fourth-order valence-corrected chi connectivity index (χ4v) is 3.28. The van der Waals surface area contributed by atoms with Crippen molar-refractivity contribution >= 4 is 27.7 Å². The fraction of sp³-hybridized carbons (Fsp3) is 0.176. The summed E-state index contributed by atoms with van der Waals surface area (Å²) in [5, 5.41) is 7.60. The number of urea groups is 1. The number of ketones is 1. The Morgan fingerprint density at radius 3 is 2.41 bits per heavy atom. The maximum absolute atomic E-state index is 12.8. The van der Waals surface area contributed by atoms with E-state index in [9.17, 15) is 22.8 Å². The molecule has 1 fully saturated rings. The van der Waals surface area contributed by atoms with Gasteiger partial charge in [0.1, 0.15) is 11.2 Å². The number of carbonyl (C=O) groups is 3. The molecule has 1 atom stereocenters. The van der Waals surface area contributed by atoms with E-state index in [1.54, 1.807) is 12.1 Å². The molecule has 1 unspecified atom stereocenters. The second-order valence-corrected chi connectivity index (χ2v) is 7.72. The van der Waals surface area contributed by atoms with E-state index in [2.05, 4.69) is 10.3 Å². The SMILES string of the molecule is CC1(c2ccc(S(N)(=O)=O)cc2)NC(=O)N(CC(=O)c2ccccn2)C1=O. The van der Waals surface area contributed by atoms with Crippen LogP contribution < -0.4 is 10.5 Å². The summed E-state index contributed by atoms with van der Waals surface area (Å²) < 4.78 is 22.7. The predicted molar refractivity (Wildman–Crippen MR) is 94.0 cm³/mol. The first-order valence-corrected chi connectivity index (χ1v) is 9.39. The van der Waals surface area contributed by atoms with Gasteiger partial charge in [0.25, 0.3) is 5.91 Å². The number of rotatable bonds is 5. The smallest absolute Gasteiger partial charge is 0.319 e.